The summed E-state index contributed by atoms with van der Waals surface area (Å²) in [6.07, 6.45) is 4.86. The molecule has 2 aromatic heterocycles. The Balaban J connectivity index is 1.67. The second-order valence-electron chi connectivity index (χ2n) is 5.96. The molecule has 1 amide bonds. The van der Waals surface area contributed by atoms with Crippen LogP contribution in [-0.4, -0.2) is 58.2 Å². The van der Waals surface area contributed by atoms with Crippen molar-refractivity contribution in [3.8, 4) is 0 Å². The van der Waals surface area contributed by atoms with Crippen molar-refractivity contribution in [3.63, 3.8) is 0 Å². The van der Waals surface area contributed by atoms with Gasteiger partial charge in [0, 0.05) is 26.3 Å². The second kappa shape index (κ2) is 6.64. The van der Waals surface area contributed by atoms with Crippen LogP contribution in [0.3, 0.4) is 0 Å². The fourth-order valence-corrected chi connectivity index (χ4v) is 3.61. The third-order valence-electron chi connectivity index (χ3n) is 4.05. The first-order valence-electron chi connectivity index (χ1n) is 7.60. The fraction of sp³-hybridized carbons (Fsp3) is 0.438. The van der Waals surface area contributed by atoms with Crippen LogP contribution in [-0.2, 0) is 0 Å². The number of amides is 1. The summed E-state index contributed by atoms with van der Waals surface area (Å²) in [5, 5.41) is 10.9. The standard InChI is InChI=1S/C16H20N4O2S/c1-19(15(21)13-9-17-12-23-13)10-16(22)6-4-8-20(11-16)14-5-2-3-7-18-14/h2-3,5,7,9,12,22H,4,6,8,10-11H2,1H3/t16-/m1/s1. The molecule has 0 radical (unpaired) electrons. The number of anilines is 1. The minimum absolute atomic E-state index is 0.101. The van der Waals surface area contributed by atoms with Gasteiger partial charge >= 0.3 is 0 Å². The molecule has 7 heteroatoms. The van der Waals surface area contributed by atoms with Crippen molar-refractivity contribution in [1.82, 2.24) is 14.9 Å². The predicted octanol–water partition coefficient (Wildman–Crippen LogP) is 1.64. The zero-order valence-corrected chi connectivity index (χ0v) is 13.9. The van der Waals surface area contributed by atoms with Gasteiger partial charge in [-0.1, -0.05) is 6.07 Å². The van der Waals surface area contributed by atoms with Gasteiger partial charge in [-0.05, 0) is 25.0 Å². The van der Waals surface area contributed by atoms with Crippen molar-refractivity contribution in [1.29, 1.82) is 0 Å². The lowest BCUT2D eigenvalue weighted by atomic mass is 9.92. The van der Waals surface area contributed by atoms with Gasteiger partial charge in [0.05, 0.1) is 23.9 Å². The molecule has 1 aliphatic rings. The summed E-state index contributed by atoms with van der Waals surface area (Å²) in [7, 11) is 1.72. The van der Waals surface area contributed by atoms with Crippen LogP contribution >= 0.6 is 11.3 Å². The number of carbonyl (C=O) groups excluding carboxylic acids is 1. The van der Waals surface area contributed by atoms with Gasteiger partial charge in [0.2, 0.25) is 0 Å². The molecule has 23 heavy (non-hydrogen) atoms. The highest BCUT2D eigenvalue weighted by Crippen LogP contribution is 2.26. The lowest BCUT2D eigenvalue weighted by molar-refractivity contribution is -0.0000159. The van der Waals surface area contributed by atoms with Crippen molar-refractivity contribution in [2.45, 2.75) is 18.4 Å². The molecule has 0 bridgehead atoms. The molecule has 1 fully saturated rings. The SMILES string of the molecule is CN(C[C@]1(O)CCCN(c2ccccn2)C1)C(=O)c1cncs1. The van der Waals surface area contributed by atoms with Gasteiger partial charge in [0.25, 0.3) is 5.91 Å². The molecule has 0 aromatic carbocycles. The van der Waals surface area contributed by atoms with Gasteiger partial charge in [-0.3, -0.25) is 9.78 Å². The van der Waals surface area contributed by atoms with E-state index >= 15 is 0 Å². The van der Waals surface area contributed by atoms with Crippen LogP contribution < -0.4 is 4.90 Å². The van der Waals surface area contributed by atoms with E-state index in [9.17, 15) is 9.90 Å². The summed E-state index contributed by atoms with van der Waals surface area (Å²) in [5.41, 5.74) is 0.712. The molecule has 1 saturated heterocycles. The number of pyridine rings is 1. The number of nitrogens with zero attached hydrogens (tertiary/aromatic N) is 4. The van der Waals surface area contributed by atoms with Gasteiger partial charge in [-0.25, -0.2) is 4.98 Å². The quantitative estimate of drug-likeness (QED) is 0.922. The average Bonchev–Trinajstić information content (AvgIpc) is 3.09. The highest BCUT2D eigenvalue weighted by molar-refractivity contribution is 7.11. The minimum atomic E-state index is -0.926. The van der Waals surface area contributed by atoms with Gasteiger partial charge in [0.15, 0.2) is 0 Å². The number of piperidine rings is 1. The molecule has 1 N–H and O–H groups in total. The van der Waals surface area contributed by atoms with Crippen molar-refractivity contribution in [2.24, 2.45) is 0 Å². The number of β-amino-alcohol motifs (C(OH)–C–C–N with tert-alkyl or cyclic N) is 1. The minimum Gasteiger partial charge on any atom is -0.386 e. The fourth-order valence-electron chi connectivity index (χ4n) is 3.00. The zero-order valence-electron chi connectivity index (χ0n) is 13.1. The third kappa shape index (κ3) is 3.68. The first-order valence-corrected chi connectivity index (χ1v) is 8.48. The lowest BCUT2D eigenvalue weighted by Gasteiger charge is -2.41. The van der Waals surface area contributed by atoms with Crippen molar-refractivity contribution >= 4 is 23.1 Å². The molecule has 3 heterocycles. The molecule has 0 unspecified atom stereocenters. The van der Waals surface area contributed by atoms with E-state index in [-0.39, 0.29) is 5.91 Å². The highest BCUT2D eigenvalue weighted by atomic mass is 32.1. The summed E-state index contributed by atoms with van der Waals surface area (Å²) in [4.78, 5) is 24.9. The molecule has 0 spiro atoms. The van der Waals surface area contributed by atoms with Crippen LogP contribution in [0.2, 0.25) is 0 Å². The Labute approximate surface area is 139 Å². The van der Waals surface area contributed by atoms with Crippen LogP contribution in [0.15, 0.2) is 36.1 Å². The number of thiazole rings is 1. The Kier molecular flexibility index (Phi) is 4.58. The Morgan fingerprint density at radius 2 is 2.39 bits per heavy atom. The maximum atomic E-state index is 12.3. The van der Waals surface area contributed by atoms with E-state index in [1.54, 1.807) is 29.9 Å². The Morgan fingerprint density at radius 3 is 3.09 bits per heavy atom. The number of aliphatic hydroxyl groups is 1. The number of likely N-dealkylation sites (N-methyl/N-ethyl adjacent to an activating group) is 1. The summed E-state index contributed by atoms with van der Waals surface area (Å²) >= 11 is 1.31. The number of hydrogen-bond acceptors (Lipinski definition) is 6. The monoisotopic (exact) mass is 332 g/mol. The van der Waals surface area contributed by atoms with Gasteiger partial charge in [0.1, 0.15) is 10.7 Å². The number of aromatic nitrogens is 2. The van der Waals surface area contributed by atoms with E-state index in [0.717, 1.165) is 18.8 Å². The number of hydrogen-bond donors (Lipinski definition) is 1. The van der Waals surface area contributed by atoms with E-state index in [4.69, 9.17) is 0 Å². The van der Waals surface area contributed by atoms with Crippen LogP contribution in [0.5, 0.6) is 0 Å². The van der Waals surface area contributed by atoms with E-state index in [1.165, 1.54) is 11.3 Å². The van der Waals surface area contributed by atoms with Gasteiger partial charge in [-0.15, -0.1) is 11.3 Å². The summed E-state index contributed by atoms with van der Waals surface area (Å²) in [6.45, 7) is 1.64. The normalized spacial score (nSPS) is 21.2. The molecule has 1 atom stereocenters. The van der Waals surface area contributed by atoms with Crippen LogP contribution in [0.1, 0.15) is 22.5 Å². The van der Waals surface area contributed by atoms with E-state index < -0.39 is 5.60 Å². The van der Waals surface area contributed by atoms with Crippen molar-refractivity contribution in [2.75, 3.05) is 31.6 Å². The second-order valence-corrected chi connectivity index (χ2v) is 6.85. The molecular formula is C16H20N4O2S. The van der Waals surface area contributed by atoms with Gasteiger partial charge < -0.3 is 14.9 Å². The lowest BCUT2D eigenvalue weighted by Crippen LogP contribution is -2.54. The Bertz CT molecular complexity index is 649. The summed E-state index contributed by atoms with van der Waals surface area (Å²) < 4.78 is 0. The van der Waals surface area contributed by atoms with Crippen LogP contribution in [0.25, 0.3) is 0 Å². The molecule has 0 aliphatic carbocycles. The van der Waals surface area contributed by atoms with Crippen LogP contribution in [0.4, 0.5) is 5.82 Å². The maximum Gasteiger partial charge on any atom is 0.265 e. The number of carbonyl (C=O) groups is 1. The third-order valence-corrected chi connectivity index (χ3v) is 4.81. The molecular weight excluding hydrogens is 312 g/mol. The van der Waals surface area contributed by atoms with Crippen LogP contribution in [0, 0.1) is 0 Å². The smallest absolute Gasteiger partial charge is 0.265 e. The van der Waals surface area contributed by atoms with Gasteiger partial charge in [-0.2, -0.15) is 0 Å². The molecule has 0 saturated carbocycles. The summed E-state index contributed by atoms with van der Waals surface area (Å²) in [6, 6.07) is 5.76. The average molecular weight is 332 g/mol. The Morgan fingerprint density at radius 1 is 1.52 bits per heavy atom. The molecule has 2 aromatic rings. The van der Waals surface area contributed by atoms with E-state index in [1.807, 2.05) is 18.2 Å². The van der Waals surface area contributed by atoms with E-state index in [2.05, 4.69) is 14.9 Å². The maximum absolute atomic E-state index is 12.3. The Hall–Kier alpha value is -1.99. The predicted molar refractivity (Wildman–Crippen MR) is 89.7 cm³/mol. The summed E-state index contributed by atoms with van der Waals surface area (Å²) in [5.74, 6) is 0.762. The first kappa shape index (κ1) is 15.9. The topological polar surface area (TPSA) is 69.6 Å². The molecule has 122 valence electrons. The largest absolute Gasteiger partial charge is 0.386 e. The molecule has 1 aliphatic heterocycles. The first-order chi connectivity index (χ1) is 11.1. The zero-order chi connectivity index (χ0) is 16.3. The van der Waals surface area contributed by atoms with Crippen molar-refractivity contribution in [3.05, 3.63) is 41.0 Å². The molecule has 6 nitrogen and oxygen atoms in total. The molecule has 3 rings (SSSR count). The number of rotatable bonds is 4. The van der Waals surface area contributed by atoms with Crippen molar-refractivity contribution < 1.29 is 9.90 Å². The highest BCUT2D eigenvalue weighted by Gasteiger charge is 2.36. The van der Waals surface area contributed by atoms with E-state index in [0.29, 0.717) is 24.4 Å².